The topological polar surface area (TPSA) is 43.6 Å². The van der Waals surface area contributed by atoms with E-state index in [1.807, 2.05) is 97.1 Å². The van der Waals surface area contributed by atoms with E-state index in [-0.39, 0.29) is 33.9 Å². The molecule has 4 nitrogen and oxygen atoms in total. The molecule has 0 radical (unpaired) electrons. The zero-order valence-electron chi connectivity index (χ0n) is 37.1. The van der Waals surface area contributed by atoms with Crippen LogP contribution in [0.2, 0.25) is 0 Å². The normalized spacial score (nSPS) is 13.7. The van der Waals surface area contributed by atoms with Gasteiger partial charge in [0.2, 0.25) is 0 Å². The van der Waals surface area contributed by atoms with E-state index in [1.54, 1.807) is 6.07 Å². The standard InChI is InChI=1S/C51H32N4/c1-3-15-33(16-4-1)49-52-50(34-17-5-2-6-18-34)54-51(53-49)37-29-36(30-38(31-37)55-47-25-13-11-23-44(47)45-24-12-14-26-48(45)55)35-27-28-43-41-21-8-7-19-39(41)40-20-9-10-22-42(40)46(43)32-35/h1-32H/i11D,12D,13D,14D,23D,24D,25D,26D. The maximum Gasteiger partial charge on any atom is 0.164 e. The Hall–Kier alpha value is -7.43. The van der Waals surface area contributed by atoms with Crippen LogP contribution in [0, 0.1) is 0 Å². The van der Waals surface area contributed by atoms with Crippen LogP contribution in [0.4, 0.5) is 0 Å². The second kappa shape index (κ2) is 12.6. The van der Waals surface area contributed by atoms with E-state index in [2.05, 4.69) is 42.5 Å². The summed E-state index contributed by atoms with van der Waals surface area (Å²) in [7, 11) is 0. The Balaban J connectivity index is 1.28. The zero-order chi connectivity index (χ0) is 43.3. The monoisotopic (exact) mass is 708 g/mol. The van der Waals surface area contributed by atoms with Crippen molar-refractivity contribution >= 4 is 54.1 Å². The summed E-state index contributed by atoms with van der Waals surface area (Å²) in [6.07, 6.45) is 0. The molecule has 4 heteroatoms. The molecule has 2 heterocycles. The van der Waals surface area contributed by atoms with E-state index >= 15 is 0 Å². The molecule has 0 amide bonds. The number of hydrogen-bond acceptors (Lipinski definition) is 3. The molecule has 0 bridgehead atoms. The third-order valence-corrected chi connectivity index (χ3v) is 10.2. The quantitative estimate of drug-likeness (QED) is 0.167. The largest absolute Gasteiger partial charge is 0.309 e. The fraction of sp³-hybridized carbons (Fsp3) is 0. The summed E-state index contributed by atoms with van der Waals surface area (Å²) in [5, 5.41) is 6.57. The molecule has 0 spiro atoms. The van der Waals surface area contributed by atoms with Crippen LogP contribution in [0.3, 0.4) is 0 Å². The van der Waals surface area contributed by atoms with Crippen LogP contribution in [0.5, 0.6) is 0 Å². The van der Waals surface area contributed by atoms with Gasteiger partial charge in [-0.05, 0) is 79.8 Å². The Morgan fingerprint density at radius 1 is 0.327 bits per heavy atom. The second-order valence-corrected chi connectivity index (χ2v) is 13.4. The SMILES string of the molecule is [2H]c1c([2H])c([2H])c2c(c1[2H])c1c([2H])c([2H])c([2H])c([2H])c1n2-c1cc(-c2ccc3c4ccccc4c4ccccc4c3c2)cc(-c2nc(-c3ccccc3)nc(-c3ccccc3)n2)c1. The highest BCUT2D eigenvalue weighted by molar-refractivity contribution is 6.25. The number of rotatable bonds is 5. The summed E-state index contributed by atoms with van der Waals surface area (Å²) >= 11 is 0. The minimum absolute atomic E-state index is 0.00288. The number of nitrogens with zero attached hydrogens (tertiary/aromatic N) is 4. The smallest absolute Gasteiger partial charge is 0.164 e. The van der Waals surface area contributed by atoms with Gasteiger partial charge in [-0.2, -0.15) is 0 Å². The molecule has 11 rings (SSSR count). The van der Waals surface area contributed by atoms with Crippen molar-refractivity contribution in [3.05, 3.63) is 194 Å². The molecule has 0 unspecified atom stereocenters. The molecule has 9 aromatic carbocycles. The lowest BCUT2D eigenvalue weighted by Gasteiger charge is -2.15. The first-order valence-electron chi connectivity index (χ1n) is 22.0. The van der Waals surface area contributed by atoms with Crippen molar-refractivity contribution in [2.45, 2.75) is 0 Å². The lowest BCUT2D eigenvalue weighted by atomic mass is 9.91. The van der Waals surface area contributed by atoms with Crippen molar-refractivity contribution in [1.82, 2.24) is 19.5 Å². The molecule has 2 aromatic heterocycles. The molecule has 0 fully saturated rings. The highest BCUT2D eigenvalue weighted by Gasteiger charge is 2.18. The van der Waals surface area contributed by atoms with Crippen LogP contribution in [-0.4, -0.2) is 19.5 Å². The molecule has 0 aliphatic carbocycles. The van der Waals surface area contributed by atoms with Crippen molar-refractivity contribution in [1.29, 1.82) is 0 Å². The predicted molar refractivity (Wildman–Crippen MR) is 228 cm³/mol. The van der Waals surface area contributed by atoms with E-state index in [9.17, 15) is 2.74 Å². The van der Waals surface area contributed by atoms with Gasteiger partial charge in [0.05, 0.1) is 22.0 Å². The molecule has 0 N–H and O–H groups in total. The molecule has 0 aliphatic rings. The molecular weight excluding hydrogens is 669 g/mol. The van der Waals surface area contributed by atoms with Crippen molar-refractivity contribution in [3.63, 3.8) is 0 Å². The van der Waals surface area contributed by atoms with Crippen molar-refractivity contribution in [2.75, 3.05) is 0 Å². The summed E-state index contributed by atoms with van der Waals surface area (Å²) in [6.45, 7) is 0. The maximum absolute atomic E-state index is 9.25. The summed E-state index contributed by atoms with van der Waals surface area (Å²) in [5.74, 6) is 1.21. The number of hydrogen-bond donors (Lipinski definition) is 0. The Kier molecular flexibility index (Phi) is 5.50. The average molecular weight is 709 g/mol. The van der Waals surface area contributed by atoms with Gasteiger partial charge in [0.25, 0.3) is 0 Å². The maximum atomic E-state index is 9.25. The van der Waals surface area contributed by atoms with E-state index in [0.717, 1.165) is 49.0 Å². The fourth-order valence-corrected chi connectivity index (χ4v) is 7.74. The number of benzene rings is 9. The predicted octanol–water partition coefficient (Wildman–Crippen LogP) is 13.1. The number of aromatic nitrogens is 4. The third-order valence-electron chi connectivity index (χ3n) is 10.2. The first-order valence-corrected chi connectivity index (χ1v) is 18.0. The minimum Gasteiger partial charge on any atom is -0.309 e. The van der Waals surface area contributed by atoms with Gasteiger partial charge in [0, 0.05) is 33.2 Å². The summed E-state index contributed by atoms with van der Waals surface area (Å²) < 4.78 is 72.9. The molecule has 256 valence electrons. The van der Waals surface area contributed by atoms with Crippen LogP contribution >= 0.6 is 0 Å². The van der Waals surface area contributed by atoms with Crippen LogP contribution in [0.1, 0.15) is 11.0 Å². The lowest BCUT2D eigenvalue weighted by Crippen LogP contribution is -2.01. The van der Waals surface area contributed by atoms with Gasteiger partial charge < -0.3 is 4.57 Å². The Labute approximate surface area is 328 Å². The first-order chi connectivity index (χ1) is 30.6. The Bertz CT molecular complexity index is 3550. The number of para-hydroxylation sites is 2. The van der Waals surface area contributed by atoms with E-state index in [4.69, 9.17) is 23.2 Å². The van der Waals surface area contributed by atoms with Gasteiger partial charge >= 0.3 is 0 Å². The van der Waals surface area contributed by atoms with E-state index in [1.165, 1.54) is 4.57 Å². The van der Waals surface area contributed by atoms with Crippen molar-refractivity contribution < 1.29 is 11.0 Å². The van der Waals surface area contributed by atoms with Gasteiger partial charge in [-0.15, -0.1) is 0 Å². The molecule has 0 aliphatic heterocycles. The highest BCUT2D eigenvalue weighted by Crippen LogP contribution is 2.40. The Morgan fingerprint density at radius 2 is 0.764 bits per heavy atom. The molecule has 0 saturated heterocycles. The highest BCUT2D eigenvalue weighted by atomic mass is 15.0. The molecular formula is C51H32N4. The molecule has 11 aromatic rings. The van der Waals surface area contributed by atoms with Crippen LogP contribution in [-0.2, 0) is 0 Å². The van der Waals surface area contributed by atoms with Gasteiger partial charge in [-0.1, -0.05) is 158 Å². The molecule has 0 saturated carbocycles. The number of fused-ring (bicyclic) bond motifs is 9. The summed E-state index contributed by atoms with van der Waals surface area (Å²) in [6, 6.07) is 44.3. The minimum atomic E-state index is -0.503. The lowest BCUT2D eigenvalue weighted by molar-refractivity contribution is 1.07. The average Bonchev–Trinajstić information content (AvgIpc) is 3.71. The Morgan fingerprint density at radius 3 is 1.31 bits per heavy atom. The zero-order valence-corrected chi connectivity index (χ0v) is 29.1. The third kappa shape index (κ3) is 5.19. The van der Waals surface area contributed by atoms with E-state index in [0.29, 0.717) is 34.3 Å². The van der Waals surface area contributed by atoms with Crippen LogP contribution in [0.25, 0.3) is 105 Å². The van der Waals surface area contributed by atoms with E-state index < -0.39 is 36.3 Å². The van der Waals surface area contributed by atoms with Gasteiger partial charge in [-0.3, -0.25) is 0 Å². The van der Waals surface area contributed by atoms with Gasteiger partial charge in [0.15, 0.2) is 17.5 Å². The fourth-order valence-electron chi connectivity index (χ4n) is 7.74. The molecule has 55 heavy (non-hydrogen) atoms. The summed E-state index contributed by atoms with van der Waals surface area (Å²) in [4.78, 5) is 15.0. The van der Waals surface area contributed by atoms with Gasteiger partial charge in [0.1, 0.15) is 0 Å². The van der Waals surface area contributed by atoms with Gasteiger partial charge in [-0.25, -0.2) is 15.0 Å². The molecule has 0 atom stereocenters. The first kappa shape index (κ1) is 24.0. The van der Waals surface area contributed by atoms with Crippen molar-refractivity contribution in [2.24, 2.45) is 0 Å². The summed E-state index contributed by atoms with van der Waals surface area (Å²) in [5.41, 5.74) is 4.05. The van der Waals surface area contributed by atoms with Crippen LogP contribution in [0.15, 0.2) is 194 Å². The van der Waals surface area contributed by atoms with Crippen molar-refractivity contribution in [3.8, 4) is 51.0 Å². The van der Waals surface area contributed by atoms with Crippen LogP contribution < -0.4 is 0 Å². The second-order valence-electron chi connectivity index (χ2n) is 13.4.